The van der Waals surface area contributed by atoms with Crippen LogP contribution in [0.25, 0.3) is 38.2 Å². The number of ether oxygens (including phenoxy) is 2. The number of rotatable bonds is 14. The Morgan fingerprint density at radius 3 is 2.59 bits per heavy atom. The van der Waals surface area contributed by atoms with Gasteiger partial charge in [0.2, 0.25) is 0 Å². The van der Waals surface area contributed by atoms with Crippen molar-refractivity contribution in [2.45, 2.75) is 118 Å². The van der Waals surface area contributed by atoms with Crippen molar-refractivity contribution >= 4 is 44.2 Å². The van der Waals surface area contributed by atoms with Gasteiger partial charge in [-0.05, 0) is 55.7 Å². The normalized spacial score (nSPS) is 18.9. The summed E-state index contributed by atoms with van der Waals surface area (Å²) in [5, 5.41) is 14.6. The van der Waals surface area contributed by atoms with Crippen molar-refractivity contribution in [3.63, 3.8) is 0 Å². The van der Waals surface area contributed by atoms with E-state index in [0.717, 1.165) is 97.9 Å². The summed E-state index contributed by atoms with van der Waals surface area (Å²) >= 11 is 1.73. The van der Waals surface area contributed by atoms with E-state index in [4.69, 9.17) is 24.4 Å². The first-order valence-corrected chi connectivity index (χ1v) is 20.4. The molecule has 2 aliphatic rings. The highest BCUT2D eigenvalue weighted by Crippen LogP contribution is 2.41. The molecule has 6 rings (SSSR count). The largest absolute Gasteiger partial charge is 0.463 e. The molecule has 0 amide bonds. The van der Waals surface area contributed by atoms with Crippen LogP contribution in [-0.4, -0.2) is 48.9 Å². The van der Waals surface area contributed by atoms with Crippen molar-refractivity contribution in [1.29, 1.82) is 5.26 Å². The summed E-state index contributed by atoms with van der Waals surface area (Å²) in [4.78, 5) is 19.4. The van der Waals surface area contributed by atoms with E-state index in [0.29, 0.717) is 19.2 Å². The molecule has 8 heteroatoms. The molecule has 0 aliphatic carbocycles. The monoisotopic (exact) mass is 707 g/mol. The van der Waals surface area contributed by atoms with Gasteiger partial charge in [0.25, 0.3) is 0 Å². The molecule has 4 aromatic rings. The number of thiophene rings is 1. The average Bonchev–Trinajstić information content (AvgIpc) is 3.30. The number of benzene rings is 2. The lowest BCUT2D eigenvalue weighted by Crippen LogP contribution is -2.38. The fourth-order valence-electron chi connectivity index (χ4n) is 7.76. The Morgan fingerprint density at radius 2 is 1.82 bits per heavy atom. The summed E-state index contributed by atoms with van der Waals surface area (Å²) in [5.74, 6) is 1.41. The number of nitrogens with zero attached hydrogens (tertiary/aromatic N) is 5. The fraction of sp³-hybridized carbons (Fsp3) is 0.581. The van der Waals surface area contributed by atoms with Gasteiger partial charge in [-0.2, -0.15) is 15.2 Å². The Kier molecular flexibility index (Phi) is 12.0. The van der Waals surface area contributed by atoms with Crippen molar-refractivity contribution in [2.75, 3.05) is 37.8 Å². The number of hydrogen-bond acceptors (Lipinski definition) is 8. The maximum absolute atomic E-state index is 10.5. The third-order valence-corrected chi connectivity index (χ3v) is 12.4. The first kappa shape index (κ1) is 37.2. The van der Waals surface area contributed by atoms with Gasteiger partial charge in [-0.3, -0.25) is 4.99 Å². The smallest absolute Gasteiger partial charge is 0.318 e. The summed E-state index contributed by atoms with van der Waals surface area (Å²) < 4.78 is 13.7. The van der Waals surface area contributed by atoms with Crippen molar-refractivity contribution in [3.05, 3.63) is 45.3 Å². The van der Waals surface area contributed by atoms with Crippen LogP contribution in [-0.2, 0) is 4.74 Å². The van der Waals surface area contributed by atoms with Gasteiger partial charge >= 0.3 is 6.01 Å². The van der Waals surface area contributed by atoms with E-state index >= 15 is 0 Å². The Balaban J connectivity index is 1.56. The molecule has 3 unspecified atom stereocenters. The highest BCUT2D eigenvalue weighted by molar-refractivity contribution is 7.19. The topological polar surface area (TPSA) is 83.6 Å². The van der Waals surface area contributed by atoms with Gasteiger partial charge in [0.15, 0.2) is 0 Å². The molecule has 2 aromatic carbocycles. The van der Waals surface area contributed by atoms with Gasteiger partial charge in [0.05, 0.1) is 41.1 Å². The van der Waals surface area contributed by atoms with Crippen LogP contribution in [0.3, 0.4) is 0 Å². The Morgan fingerprint density at radius 1 is 1.02 bits per heavy atom. The molecule has 0 bridgehead atoms. The molecular weight excluding hydrogens is 651 g/mol. The Labute approximate surface area is 308 Å². The lowest BCUT2D eigenvalue weighted by atomic mass is 9.81. The molecule has 1 fully saturated rings. The Hall–Kier alpha value is -3.54. The van der Waals surface area contributed by atoms with Gasteiger partial charge in [0, 0.05) is 50.9 Å². The summed E-state index contributed by atoms with van der Waals surface area (Å²) in [6, 6.07) is 11.8. The zero-order valence-corrected chi connectivity index (χ0v) is 32.8. The second kappa shape index (κ2) is 16.4. The first-order chi connectivity index (χ1) is 24.7. The molecular formula is C43H57N5O2S. The molecule has 0 N–H and O–H groups in total. The predicted octanol–water partition coefficient (Wildman–Crippen LogP) is 9.72. The summed E-state index contributed by atoms with van der Waals surface area (Å²) in [5.41, 5.74) is 3.75. The third-order valence-electron chi connectivity index (χ3n) is 11.0. The Bertz CT molecular complexity index is 2010. The predicted molar refractivity (Wildman–Crippen MR) is 213 cm³/mol. The van der Waals surface area contributed by atoms with Crippen molar-refractivity contribution in [1.82, 2.24) is 9.97 Å². The number of hydrogen-bond donors (Lipinski definition) is 0. The highest BCUT2D eigenvalue weighted by atomic mass is 32.1. The van der Waals surface area contributed by atoms with Gasteiger partial charge in [-0.1, -0.05) is 98.3 Å². The minimum absolute atomic E-state index is 0.0638. The van der Waals surface area contributed by atoms with Crippen LogP contribution in [0.2, 0.25) is 0 Å². The minimum Gasteiger partial charge on any atom is -0.463 e. The molecule has 0 spiro atoms. The fourth-order valence-corrected chi connectivity index (χ4v) is 8.94. The maximum atomic E-state index is 10.5. The van der Waals surface area contributed by atoms with Crippen LogP contribution in [0, 0.1) is 22.7 Å². The van der Waals surface area contributed by atoms with Crippen LogP contribution in [0.5, 0.6) is 6.01 Å². The SMILES string of the molecule is CCCCCCC(C)(CCCC)COc1nc(N2CCCOCC2)c2c3c(c(-c4cccc5sc(C(C)C)c(C#N)c45)cc2n1)=NC(C)C(C)C=3. The summed E-state index contributed by atoms with van der Waals surface area (Å²) in [6.07, 6.45) is 13.0. The molecule has 51 heavy (non-hydrogen) atoms. The molecule has 272 valence electrons. The minimum atomic E-state index is 0.0638. The van der Waals surface area contributed by atoms with E-state index in [9.17, 15) is 5.26 Å². The number of nitriles is 1. The van der Waals surface area contributed by atoms with Crippen LogP contribution in [0.1, 0.15) is 123 Å². The third kappa shape index (κ3) is 7.95. The number of fused-ring (bicyclic) bond motifs is 4. The zero-order valence-electron chi connectivity index (χ0n) is 32.0. The lowest BCUT2D eigenvalue weighted by Gasteiger charge is -2.30. The molecule has 7 nitrogen and oxygen atoms in total. The maximum Gasteiger partial charge on any atom is 0.318 e. The number of anilines is 1. The van der Waals surface area contributed by atoms with Gasteiger partial charge < -0.3 is 14.4 Å². The molecule has 0 saturated carbocycles. The highest BCUT2D eigenvalue weighted by Gasteiger charge is 2.28. The number of aromatic nitrogens is 2. The van der Waals surface area contributed by atoms with E-state index in [2.05, 4.69) is 89.8 Å². The van der Waals surface area contributed by atoms with Crippen LogP contribution in [0.4, 0.5) is 5.82 Å². The van der Waals surface area contributed by atoms with E-state index < -0.39 is 0 Å². The van der Waals surface area contributed by atoms with Crippen LogP contribution in [0.15, 0.2) is 29.3 Å². The first-order valence-electron chi connectivity index (χ1n) is 19.5. The second-order valence-corrected chi connectivity index (χ2v) is 16.6. The van der Waals surface area contributed by atoms with E-state index in [-0.39, 0.29) is 23.3 Å². The number of unbranched alkanes of at least 4 members (excludes halogenated alkanes) is 4. The molecule has 2 aromatic heterocycles. The van der Waals surface area contributed by atoms with Crippen LogP contribution < -0.4 is 20.2 Å². The van der Waals surface area contributed by atoms with Crippen molar-refractivity contribution in [2.24, 2.45) is 16.3 Å². The van der Waals surface area contributed by atoms with E-state index in [1.807, 2.05) is 0 Å². The second-order valence-electron chi connectivity index (χ2n) is 15.6. The molecule has 3 atom stereocenters. The molecule has 4 heterocycles. The molecule has 2 aliphatic heterocycles. The van der Waals surface area contributed by atoms with Gasteiger partial charge in [-0.15, -0.1) is 11.3 Å². The quantitative estimate of drug-likeness (QED) is 0.121. The lowest BCUT2D eigenvalue weighted by molar-refractivity contribution is 0.126. The van der Waals surface area contributed by atoms with Crippen LogP contribution >= 0.6 is 11.3 Å². The van der Waals surface area contributed by atoms with E-state index in [1.165, 1.54) is 38.5 Å². The van der Waals surface area contributed by atoms with E-state index in [1.54, 1.807) is 11.3 Å². The molecule has 1 saturated heterocycles. The molecule has 0 radical (unpaired) electrons. The van der Waals surface area contributed by atoms with Crippen molar-refractivity contribution in [3.8, 4) is 23.2 Å². The zero-order chi connectivity index (χ0) is 36.1. The van der Waals surface area contributed by atoms with Gasteiger partial charge in [0.1, 0.15) is 11.9 Å². The standard InChI is InChI=1S/C43H57N5O2S/c1-8-10-12-13-19-43(7,18-11-9-2)27-50-42-46-35-25-32(31-16-14-17-36-37(31)34(26-44)40(51-36)28(3)4)39-33(24-29(5)30(6)45-39)38(35)41(47-42)48-20-15-22-49-23-21-48/h14,16-17,24-25,28-30H,8-13,15,18-23,27H2,1-7H3. The van der Waals surface area contributed by atoms with Crippen molar-refractivity contribution < 1.29 is 9.47 Å². The summed E-state index contributed by atoms with van der Waals surface area (Å²) in [7, 11) is 0. The van der Waals surface area contributed by atoms with Gasteiger partial charge in [-0.25, -0.2) is 0 Å². The summed E-state index contributed by atoms with van der Waals surface area (Å²) in [6.45, 7) is 19.3. The average molecular weight is 708 g/mol.